The Kier molecular flexibility index (Phi) is 3.42. The molecule has 2 aliphatic rings. The molecule has 2 N–H and O–H groups in total. The molecule has 0 bridgehead atoms. The second-order valence-electron chi connectivity index (χ2n) is 6.81. The van der Waals surface area contributed by atoms with Gasteiger partial charge < -0.3 is 15.3 Å². The van der Waals surface area contributed by atoms with Crippen molar-refractivity contribution < 1.29 is 9.90 Å². The average Bonchev–Trinajstić information content (AvgIpc) is 2.73. The van der Waals surface area contributed by atoms with Crippen LogP contribution in [0.25, 0.3) is 0 Å². The number of hydrogen-bond donors (Lipinski definition) is 2. The second kappa shape index (κ2) is 5.00. The molecule has 1 amide bonds. The van der Waals surface area contributed by atoms with Crippen molar-refractivity contribution in [1.29, 1.82) is 0 Å². The number of aliphatic hydroxyl groups is 1. The number of fused-ring (bicyclic) bond motifs is 1. The number of nitrogens with one attached hydrogen (secondary N) is 1. The minimum atomic E-state index is -1.02. The number of carbonyl (C=O) groups excluding carboxylic acids is 1. The van der Waals surface area contributed by atoms with Crippen LogP contribution in [0, 0.1) is 0 Å². The number of carbonyl (C=O) groups is 1. The lowest BCUT2D eigenvalue weighted by molar-refractivity contribution is -0.123. The maximum absolute atomic E-state index is 11.5. The summed E-state index contributed by atoms with van der Waals surface area (Å²) in [6, 6.07) is 5.81. The van der Waals surface area contributed by atoms with Crippen LogP contribution in [-0.2, 0) is 4.79 Å². The van der Waals surface area contributed by atoms with Gasteiger partial charge in [0.1, 0.15) is 0 Å². The van der Waals surface area contributed by atoms with Crippen LogP contribution in [0.2, 0.25) is 0 Å². The minimum Gasteiger partial charge on any atom is -0.378 e. The summed E-state index contributed by atoms with van der Waals surface area (Å²) in [4.78, 5) is 16.3. The molecule has 21 heavy (non-hydrogen) atoms. The molecule has 0 aromatic heterocycles. The first-order chi connectivity index (χ1) is 9.86. The van der Waals surface area contributed by atoms with Crippen LogP contribution in [0.15, 0.2) is 18.2 Å². The van der Waals surface area contributed by atoms with Gasteiger partial charge in [-0.2, -0.15) is 0 Å². The lowest BCUT2D eigenvalue weighted by Gasteiger charge is -2.43. The van der Waals surface area contributed by atoms with E-state index in [0.717, 1.165) is 37.6 Å². The molecule has 1 aromatic carbocycles. The van der Waals surface area contributed by atoms with Crippen molar-refractivity contribution >= 4 is 17.3 Å². The SMILES string of the molecule is CC(C)(C)N1CCN(c2ccc3c(c2)NC(=O)C3O)CC1. The summed E-state index contributed by atoms with van der Waals surface area (Å²) < 4.78 is 0. The summed E-state index contributed by atoms with van der Waals surface area (Å²) in [5, 5.41) is 12.5. The molecule has 1 fully saturated rings. The summed E-state index contributed by atoms with van der Waals surface area (Å²) in [5.74, 6) is -0.334. The van der Waals surface area contributed by atoms with Gasteiger partial charge in [0.15, 0.2) is 6.10 Å². The van der Waals surface area contributed by atoms with E-state index in [9.17, 15) is 9.90 Å². The lowest BCUT2D eigenvalue weighted by atomic mass is 10.0. The van der Waals surface area contributed by atoms with Crippen LogP contribution in [0.5, 0.6) is 0 Å². The van der Waals surface area contributed by atoms with Crippen LogP contribution in [0.1, 0.15) is 32.4 Å². The Bertz CT molecular complexity index is 557. The standard InChI is InChI=1S/C16H23N3O2/c1-16(2,3)19-8-6-18(7-9-19)11-4-5-12-13(10-11)17-15(21)14(12)20/h4-5,10,14,20H,6-9H2,1-3H3,(H,17,21). The first kappa shape index (κ1) is 14.4. The number of amides is 1. The van der Waals surface area contributed by atoms with Gasteiger partial charge in [-0.25, -0.2) is 0 Å². The average molecular weight is 289 g/mol. The first-order valence-electron chi connectivity index (χ1n) is 7.49. The molecule has 5 nitrogen and oxygen atoms in total. The smallest absolute Gasteiger partial charge is 0.257 e. The molecule has 0 radical (unpaired) electrons. The fourth-order valence-corrected chi connectivity index (χ4v) is 3.07. The Hall–Kier alpha value is -1.59. The van der Waals surface area contributed by atoms with Gasteiger partial charge in [0, 0.05) is 48.7 Å². The molecule has 1 unspecified atom stereocenters. The molecular formula is C16H23N3O2. The van der Waals surface area contributed by atoms with Gasteiger partial charge in [0.05, 0.1) is 0 Å². The van der Waals surface area contributed by atoms with E-state index in [4.69, 9.17) is 0 Å². The maximum atomic E-state index is 11.5. The van der Waals surface area contributed by atoms with Gasteiger partial charge in [0.2, 0.25) is 0 Å². The fourth-order valence-electron chi connectivity index (χ4n) is 3.07. The normalized spacial score (nSPS) is 23.1. The van der Waals surface area contributed by atoms with E-state index in [0.29, 0.717) is 5.56 Å². The largest absolute Gasteiger partial charge is 0.378 e. The van der Waals surface area contributed by atoms with Crippen molar-refractivity contribution in [3.63, 3.8) is 0 Å². The highest BCUT2D eigenvalue weighted by molar-refractivity contribution is 6.02. The van der Waals surface area contributed by atoms with Crippen molar-refractivity contribution in [2.24, 2.45) is 0 Å². The van der Waals surface area contributed by atoms with E-state index in [2.05, 4.69) is 35.9 Å². The van der Waals surface area contributed by atoms with Gasteiger partial charge in [-0.05, 0) is 32.9 Å². The summed E-state index contributed by atoms with van der Waals surface area (Å²) in [5.41, 5.74) is 2.74. The first-order valence-corrected chi connectivity index (χ1v) is 7.49. The maximum Gasteiger partial charge on any atom is 0.257 e. The Morgan fingerprint density at radius 3 is 2.48 bits per heavy atom. The van der Waals surface area contributed by atoms with E-state index in [1.54, 1.807) is 0 Å². The molecule has 1 atom stereocenters. The highest BCUT2D eigenvalue weighted by atomic mass is 16.3. The molecule has 3 rings (SSSR count). The zero-order valence-electron chi connectivity index (χ0n) is 12.9. The molecule has 1 aromatic rings. The number of hydrogen-bond acceptors (Lipinski definition) is 4. The Morgan fingerprint density at radius 2 is 1.86 bits per heavy atom. The number of rotatable bonds is 1. The summed E-state index contributed by atoms with van der Waals surface area (Å²) in [7, 11) is 0. The molecule has 1 saturated heterocycles. The van der Waals surface area contributed by atoms with Crippen LogP contribution in [0.3, 0.4) is 0 Å². The van der Waals surface area contributed by atoms with Crippen molar-refractivity contribution in [2.45, 2.75) is 32.4 Å². The van der Waals surface area contributed by atoms with Gasteiger partial charge in [-0.1, -0.05) is 6.07 Å². The van der Waals surface area contributed by atoms with Crippen LogP contribution in [0.4, 0.5) is 11.4 Å². The third-order valence-corrected chi connectivity index (χ3v) is 4.43. The molecule has 114 valence electrons. The minimum absolute atomic E-state index is 0.210. The van der Waals surface area contributed by atoms with Gasteiger partial charge in [-0.3, -0.25) is 9.69 Å². The van der Waals surface area contributed by atoms with E-state index in [1.165, 1.54) is 0 Å². The zero-order valence-corrected chi connectivity index (χ0v) is 12.9. The monoisotopic (exact) mass is 289 g/mol. The quantitative estimate of drug-likeness (QED) is 0.824. The molecule has 5 heteroatoms. The van der Waals surface area contributed by atoms with Crippen molar-refractivity contribution in [3.8, 4) is 0 Å². The van der Waals surface area contributed by atoms with Crippen LogP contribution >= 0.6 is 0 Å². The topological polar surface area (TPSA) is 55.8 Å². The highest BCUT2D eigenvalue weighted by Crippen LogP contribution is 2.34. The Morgan fingerprint density at radius 1 is 1.19 bits per heavy atom. The molecule has 0 saturated carbocycles. The molecule has 2 aliphatic heterocycles. The molecule has 0 spiro atoms. The summed E-state index contributed by atoms with van der Waals surface area (Å²) >= 11 is 0. The number of aliphatic hydroxyl groups excluding tert-OH is 1. The van der Waals surface area contributed by atoms with E-state index >= 15 is 0 Å². The van der Waals surface area contributed by atoms with Crippen molar-refractivity contribution in [1.82, 2.24) is 4.90 Å². The fraction of sp³-hybridized carbons (Fsp3) is 0.562. The van der Waals surface area contributed by atoms with Gasteiger partial charge in [0.25, 0.3) is 5.91 Å². The zero-order chi connectivity index (χ0) is 15.2. The van der Waals surface area contributed by atoms with E-state index < -0.39 is 6.10 Å². The Balaban J connectivity index is 1.73. The molecule has 2 heterocycles. The number of anilines is 2. The van der Waals surface area contributed by atoms with E-state index in [1.807, 2.05) is 18.2 Å². The van der Waals surface area contributed by atoms with Crippen LogP contribution < -0.4 is 10.2 Å². The Labute approximate surface area is 125 Å². The predicted octanol–water partition coefficient (Wildman–Crippen LogP) is 1.59. The van der Waals surface area contributed by atoms with E-state index in [-0.39, 0.29) is 11.4 Å². The number of nitrogens with zero attached hydrogens (tertiary/aromatic N) is 2. The third-order valence-electron chi connectivity index (χ3n) is 4.43. The molecular weight excluding hydrogens is 266 g/mol. The summed E-state index contributed by atoms with van der Waals surface area (Å²) in [6.45, 7) is 10.8. The number of benzene rings is 1. The predicted molar refractivity (Wildman–Crippen MR) is 83.6 cm³/mol. The van der Waals surface area contributed by atoms with Gasteiger partial charge in [-0.15, -0.1) is 0 Å². The van der Waals surface area contributed by atoms with Crippen molar-refractivity contribution in [3.05, 3.63) is 23.8 Å². The summed E-state index contributed by atoms with van der Waals surface area (Å²) in [6.07, 6.45) is -1.02. The van der Waals surface area contributed by atoms with Crippen LogP contribution in [-0.4, -0.2) is 47.6 Å². The lowest BCUT2D eigenvalue weighted by Crippen LogP contribution is -2.53. The molecule has 0 aliphatic carbocycles. The number of piperazine rings is 1. The third kappa shape index (κ3) is 2.63. The van der Waals surface area contributed by atoms with Crippen molar-refractivity contribution in [2.75, 3.05) is 36.4 Å². The second-order valence-corrected chi connectivity index (χ2v) is 6.81. The van der Waals surface area contributed by atoms with Gasteiger partial charge >= 0.3 is 0 Å². The highest BCUT2D eigenvalue weighted by Gasteiger charge is 2.30.